The van der Waals surface area contributed by atoms with Crippen LogP contribution in [0.5, 0.6) is 0 Å². The third-order valence-electron chi connectivity index (χ3n) is 14.4. The van der Waals surface area contributed by atoms with Crippen molar-refractivity contribution in [2.24, 2.45) is 0 Å². The van der Waals surface area contributed by atoms with Crippen LogP contribution in [-0.4, -0.2) is 95.9 Å². The standard InChI is InChI=1S/C69H124O16P2/c1-4-7-10-13-16-19-22-23-24-25-26-27-28-29-30-31-32-33-34-35-36-37-38-39-42-44-46-49-52-55-67(72)79-58-64(70)59-81-86(75,76)82-60-65(71)61-83-87(77,78)84-63-66(85-69(74)57-54-51-48-45-41-21-18-15-12-9-6-3)62-80-68(73)56-53-50-47-43-40-20-17-14-11-8-5-2/h7,10,16,19,23-24,26-27,29-30,32-33,64-66,70-71H,4-6,8-9,11-15,17-18,20-22,25,28,31,34-63H2,1-3H3,(H,75,76)(H,77,78)/b10-7-,19-16-,24-23-,27-26-,30-29-,33-32-. The number of ether oxygens (including phenoxy) is 3. The molecule has 0 aliphatic heterocycles. The Morgan fingerprint density at radius 2 is 0.609 bits per heavy atom. The highest BCUT2D eigenvalue weighted by atomic mass is 31.2. The van der Waals surface area contributed by atoms with Crippen LogP contribution in [0.25, 0.3) is 0 Å². The highest BCUT2D eigenvalue weighted by Gasteiger charge is 2.29. The van der Waals surface area contributed by atoms with E-state index in [2.05, 4.69) is 93.7 Å². The van der Waals surface area contributed by atoms with Gasteiger partial charge >= 0.3 is 33.6 Å². The maximum atomic E-state index is 12.8. The van der Waals surface area contributed by atoms with Crippen molar-refractivity contribution in [2.75, 3.05) is 39.6 Å². The second-order valence-corrected chi connectivity index (χ2v) is 25.9. The number of aliphatic hydroxyl groups excluding tert-OH is 2. The Balaban J connectivity index is 4.36. The lowest BCUT2D eigenvalue weighted by atomic mass is 10.1. The van der Waals surface area contributed by atoms with Gasteiger partial charge in [-0.15, -0.1) is 0 Å². The van der Waals surface area contributed by atoms with Gasteiger partial charge in [-0.1, -0.05) is 273 Å². The normalized spacial score (nSPS) is 14.7. The number of phosphoric ester groups is 2. The van der Waals surface area contributed by atoms with E-state index < -0.39 is 91.5 Å². The fourth-order valence-electron chi connectivity index (χ4n) is 9.22. The fraction of sp³-hybridized carbons (Fsp3) is 0.783. The summed E-state index contributed by atoms with van der Waals surface area (Å²) in [6.45, 7) is 2.55. The highest BCUT2D eigenvalue weighted by Crippen LogP contribution is 2.45. The van der Waals surface area contributed by atoms with E-state index in [0.29, 0.717) is 19.3 Å². The number of allylic oxidation sites excluding steroid dienone is 12. The minimum atomic E-state index is -4.91. The van der Waals surface area contributed by atoms with Crippen molar-refractivity contribution in [2.45, 2.75) is 309 Å². The molecule has 506 valence electrons. The summed E-state index contributed by atoms with van der Waals surface area (Å²) in [7, 11) is -9.75. The molecule has 87 heavy (non-hydrogen) atoms. The molecule has 0 aliphatic carbocycles. The van der Waals surface area contributed by atoms with Crippen molar-refractivity contribution in [1.82, 2.24) is 0 Å². The zero-order valence-electron chi connectivity index (χ0n) is 54.7. The number of unbranched alkanes of at least 4 members (excludes halogenated alkanes) is 30. The summed E-state index contributed by atoms with van der Waals surface area (Å²) < 4.78 is 60.7. The van der Waals surface area contributed by atoms with Gasteiger partial charge in [-0.3, -0.25) is 32.5 Å². The molecule has 0 saturated heterocycles. The monoisotopic (exact) mass is 1270 g/mol. The number of carbonyl (C=O) groups excluding carboxylic acids is 3. The first-order valence-electron chi connectivity index (χ1n) is 34.2. The maximum Gasteiger partial charge on any atom is 0.472 e. The molecule has 5 unspecified atom stereocenters. The summed E-state index contributed by atoms with van der Waals surface area (Å²) >= 11 is 0. The molecule has 4 N–H and O–H groups in total. The molecule has 0 spiro atoms. The van der Waals surface area contributed by atoms with Crippen LogP contribution in [-0.2, 0) is 55.8 Å². The van der Waals surface area contributed by atoms with E-state index in [9.17, 15) is 43.5 Å². The number of carbonyl (C=O) groups is 3. The Bertz CT molecular complexity index is 1880. The van der Waals surface area contributed by atoms with Gasteiger partial charge in [-0.25, -0.2) is 9.13 Å². The average molecular weight is 1270 g/mol. The van der Waals surface area contributed by atoms with E-state index in [1.165, 1.54) is 116 Å². The third-order valence-corrected chi connectivity index (χ3v) is 16.3. The first-order valence-corrected chi connectivity index (χ1v) is 37.2. The van der Waals surface area contributed by atoms with Gasteiger partial charge in [0.05, 0.1) is 26.4 Å². The van der Waals surface area contributed by atoms with Crippen LogP contribution in [0.2, 0.25) is 0 Å². The molecular formula is C69H124O16P2. The predicted octanol–water partition coefficient (Wildman–Crippen LogP) is 18.8. The van der Waals surface area contributed by atoms with E-state index in [-0.39, 0.29) is 19.3 Å². The summed E-state index contributed by atoms with van der Waals surface area (Å²) in [6, 6.07) is 0. The SMILES string of the molecule is CC/C=C\C/C=C\C/C=C\C/C=C\C/C=C\C/C=C\CCCCCCCCCCCCC(=O)OCC(O)COP(=O)(O)OCC(O)COP(=O)(O)OCC(COC(=O)CCCCCCCCCCCCC)OC(=O)CCCCCCCCCCCCC. The predicted molar refractivity (Wildman–Crippen MR) is 353 cm³/mol. The van der Waals surface area contributed by atoms with Gasteiger partial charge in [0.2, 0.25) is 0 Å². The van der Waals surface area contributed by atoms with Crippen LogP contribution in [0.4, 0.5) is 0 Å². The van der Waals surface area contributed by atoms with Gasteiger partial charge in [-0.2, -0.15) is 0 Å². The van der Waals surface area contributed by atoms with Gasteiger partial charge in [0.1, 0.15) is 25.4 Å². The van der Waals surface area contributed by atoms with Crippen molar-refractivity contribution in [3.63, 3.8) is 0 Å². The lowest BCUT2D eigenvalue weighted by molar-refractivity contribution is -0.161. The van der Waals surface area contributed by atoms with Crippen LogP contribution in [0.1, 0.15) is 290 Å². The van der Waals surface area contributed by atoms with Crippen LogP contribution in [0, 0.1) is 0 Å². The Morgan fingerprint density at radius 1 is 0.333 bits per heavy atom. The summed E-state index contributed by atoms with van der Waals surface area (Å²) in [5.41, 5.74) is 0. The molecule has 0 aromatic rings. The Morgan fingerprint density at radius 3 is 0.966 bits per heavy atom. The minimum absolute atomic E-state index is 0.111. The van der Waals surface area contributed by atoms with E-state index in [4.69, 9.17) is 32.3 Å². The van der Waals surface area contributed by atoms with Crippen LogP contribution in [0.3, 0.4) is 0 Å². The first kappa shape index (κ1) is 84.0. The zero-order chi connectivity index (χ0) is 63.8. The highest BCUT2D eigenvalue weighted by molar-refractivity contribution is 7.47. The van der Waals surface area contributed by atoms with Crippen molar-refractivity contribution < 1.29 is 75.8 Å². The number of phosphoric acid groups is 2. The van der Waals surface area contributed by atoms with Crippen molar-refractivity contribution in [1.29, 1.82) is 0 Å². The largest absolute Gasteiger partial charge is 0.472 e. The van der Waals surface area contributed by atoms with Gasteiger partial charge in [0.15, 0.2) is 6.10 Å². The first-order chi connectivity index (χ1) is 42.2. The van der Waals surface area contributed by atoms with E-state index in [1.807, 2.05) is 0 Å². The van der Waals surface area contributed by atoms with Crippen molar-refractivity contribution in [3.8, 4) is 0 Å². The molecule has 0 aromatic carbocycles. The summed E-state index contributed by atoms with van der Waals surface area (Å²) in [6.07, 6.45) is 65.5. The zero-order valence-corrected chi connectivity index (χ0v) is 56.5. The van der Waals surface area contributed by atoms with E-state index in [1.54, 1.807) is 0 Å². The molecule has 0 aromatic heterocycles. The Labute approximate surface area is 528 Å². The molecule has 18 heteroatoms. The second-order valence-electron chi connectivity index (χ2n) is 23.0. The smallest absolute Gasteiger partial charge is 0.463 e. The number of esters is 3. The van der Waals surface area contributed by atoms with Crippen molar-refractivity contribution >= 4 is 33.6 Å². The number of hydrogen-bond donors (Lipinski definition) is 4. The fourth-order valence-corrected chi connectivity index (χ4v) is 10.8. The number of aliphatic hydroxyl groups is 2. The van der Waals surface area contributed by atoms with Gasteiger partial charge in [0.25, 0.3) is 0 Å². The molecular weight excluding hydrogens is 1150 g/mol. The molecule has 0 aliphatic rings. The summed E-state index contributed by atoms with van der Waals surface area (Å²) in [5.74, 6) is -1.57. The van der Waals surface area contributed by atoms with Gasteiger partial charge < -0.3 is 34.2 Å². The maximum absolute atomic E-state index is 12.8. The number of rotatable bonds is 65. The van der Waals surface area contributed by atoms with Crippen LogP contribution in [0.15, 0.2) is 72.9 Å². The molecule has 0 bridgehead atoms. The topological polar surface area (TPSA) is 231 Å². The lowest BCUT2D eigenvalue weighted by Crippen LogP contribution is -2.30. The molecule has 5 atom stereocenters. The molecule has 0 heterocycles. The van der Waals surface area contributed by atoms with Crippen LogP contribution >= 0.6 is 15.6 Å². The third kappa shape index (κ3) is 64.3. The minimum Gasteiger partial charge on any atom is -0.463 e. The summed E-state index contributed by atoms with van der Waals surface area (Å²) in [4.78, 5) is 58.1. The van der Waals surface area contributed by atoms with Crippen LogP contribution < -0.4 is 0 Å². The quantitative estimate of drug-likeness (QED) is 0.0146. The van der Waals surface area contributed by atoms with E-state index >= 15 is 0 Å². The molecule has 0 fully saturated rings. The Kier molecular flexibility index (Phi) is 61.0. The lowest BCUT2D eigenvalue weighted by Gasteiger charge is -2.21. The molecule has 0 radical (unpaired) electrons. The molecule has 0 saturated carbocycles. The average Bonchev–Trinajstić information content (AvgIpc) is 3.62. The van der Waals surface area contributed by atoms with Gasteiger partial charge in [-0.05, 0) is 70.6 Å². The molecule has 0 amide bonds. The second kappa shape index (κ2) is 63.2. The molecule has 0 rings (SSSR count). The van der Waals surface area contributed by atoms with E-state index in [0.717, 1.165) is 116 Å². The Hall–Kier alpha value is -3.01. The van der Waals surface area contributed by atoms with Gasteiger partial charge in [0, 0.05) is 19.3 Å². The van der Waals surface area contributed by atoms with Crippen molar-refractivity contribution in [3.05, 3.63) is 72.9 Å². The summed E-state index contributed by atoms with van der Waals surface area (Å²) in [5, 5.41) is 20.5. The molecule has 16 nitrogen and oxygen atoms in total. The number of hydrogen-bond acceptors (Lipinski definition) is 14.